The summed E-state index contributed by atoms with van der Waals surface area (Å²) in [5.74, 6) is 1.90. The van der Waals surface area contributed by atoms with E-state index in [9.17, 15) is 4.79 Å². The van der Waals surface area contributed by atoms with Crippen LogP contribution in [-0.2, 0) is 4.79 Å². The van der Waals surface area contributed by atoms with Gasteiger partial charge in [-0.2, -0.15) is 0 Å². The minimum Gasteiger partial charge on any atom is -0.356 e. The lowest BCUT2D eigenvalue weighted by Crippen LogP contribution is -2.47. The average molecular weight is 325 g/mol. The molecule has 2 fully saturated rings. The summed E-state index contributed by atoms with van der Waals surface area (Å²) in [6, 6.07) is 0. The summed E-state index contributed by atoms with van der Waals surface area (Å²) < 4.78 is 0. The van der Waals surface area contributed by atoms with Gasteiger partial charge < -0.3 is 20.4 Å². The molecule has 0 aliphatic carbocycles. The van der Waals surface area contributed by atoms with E-state index in [0.29, 0.717) is 24.2 Å². The lowest BCUT2D eigenvalue weighted by molar-refractivity contribution is -0.122. The zero-order valence-electron chi connectivity index (χ0n) is 15.3. The number of carbonyl (C=O) groups is 1. The number of piperidine rings is 1. The summed E-state index contributed by atoms with van der Waals surface area (Å²) in [5.41, 5.74) is 0. The highest BCUT2D eigenvalue weighted by Gasteiger charge is 2.22. The first kappa shape index (κ1) is 18.7. The van der Waals surface area contributed by atoms with Gasteiger partial charge in [0, 0.05) is 45.7 Å². The Kier molecular flexibility index (Phi) is 7.80. The molecular formula is C18H36N4O. The van der Waals surface area contributed by atoms with Gasteiger partial charge in [0.2, 0.25) is 5.91 Å². The third kappa shape index (κ3) is 6.77. The lowest BCUT2D eigenvalue weighted by atomic mass is 9.85. The molecule has 1 amide bonds. The Morgan fingerprint density at radius 3 is 2.65 bits per heavy atom. The quantitative estimate of drug-likeness (QED) is 0.734. The van der Waals surface area contributed by atoms with Crippen LogP contribution in [0.5, 0.6) is 0 Å². The molecular weight excluding hydrogens is 288 g/mol. The minimum absolute atomic E-state index is 0.230. The van der Waals surface area contributed by atoms with E-state index in [1.165, 1.54) is 12.8 Å². The molecule has 2 rings (SSSR count). The Labute approximate surface area is 142 Å². The summed E-state index contributed by atoms with van der Waals surface area (Å²) >= 11 is 0. The molecule has 3 unspecified atom stereocenters. The van der Waals surface area contributed by atoms with Crippen molar-refractivity contribution in [2.24, 2.45) is 17.8 Å². The summed E-state index contributed by atoms with van der Waals surface area (Å²) in [6.45, 7) is 13.2. The minimum atomic E-state index is 0.230. The summed E-state index contributed by atoms with van der Waals surface area (Å²) in [7, 11) is 2.18. The molecule has 5 heteroatoms. The van der Waals surface area contributed by atoms with Gasteiger partial charge in [0.1, 0.15) is 0 Å². The Morgan fingerprint density at radius 1 is 1.26 bits per heavy atom. The first-order chi connectivity index (χ1) is 11.0. The molecule has 0 bridgehead atoms. The molecule has 3 atom stereocenters. The van der Waals surface area contributed by atoms with Crippen molar-refractivity contribution in [2.45, 2.75) is 33.1 Å². The van der Waals surface area contributed by atoms with Crippen molar-refractivity contribution >= 4 is 5.91 Å². The van der Waals surface area contributed by atoms with Crippen LogP contribution in [0.1, 0.15) is 33.1 Å². The second-order valence-corrected chi connectivity index (χ2v) is 7.80. The Balaban J connectivity index is 1.59. The van der Waals surface area contributed by atoms with Gasteiger partial charge >= 0.3 is 0 Å². The van der Waals surface area contributed by atoms with E-state index in [2.05, 4.69) is 41.3 Å². The molecule has 134 valence electrons. The number of hydrogen-bond donors (Lipinski definition) is 2. The largest absolute Gasteiger partial charge is 0.356 e. The van der Waals surface area contributed by atoms with E-state index in [-0.39, 0.29) is 5.91 Å². The van der Waals surface area contributed by atoms with Crippen molar-refractivity contribution in [3.05, 3.63) is 0 Å². The van der Waals surface area contributed by atoms with Crippen LogP contribution < -0.4 is 10.6 Å². The lowest BCUT2D eigenvalue weighted by Gasteiger charge is -2.34. The molecule has 0 spiro atoms. The average Bonchev–Trinajstić information content (AvgIpc) is 2.56. The molecule has 2 saturated heterocycles. The first-order valence-corrected chi connectivity index (χ1v) is 9.43. The molecule has 0 aromatic carbocycles. The highest BCUT2D eigenvalue weighted by atomic mass is 16.1. The fraction of sp³-hybridized carbons (Fsp3) is 0.944. The van der Waals surface area contributed by atoms with Crippen LogP contribution in [0, 0.1) is 17.8 Å². The molecule has 2 heterocycles. The van der Waals surface area contributed by atoms with Crippen molar-refractivity contribution < 1.29 is 4.79 Å². The van der Waals surface area contributed by atoms with Gasteiger partial charge in [-0.15, -0.1) is 0 Å². The van der Waals surface area contributed by atoms with Crippen molar-refractivity contribution in [2.75, 3.05) is 59.4 Å². The van der Waals surface area contributed by atoms with Crippen molar-refractivity contribution in [1.82, 2.24) is 20.4 Å². The van der Waals surface area contributed by atoms with Crippen molar-refractivity contribution in [3.63, 3.8) is 0 Å². The summed E-state index contributed by atoms with van der Waals surface area (Å²) in [6.07, 6.45) is 3.19. The van der Waals surface area contributed by atoms with Crippen LogP contribution in [0.4, 0.5) is 0 Å². The summed E-state index contributed by atoms with van der Waals surface area (Å²) in [5, 5.41) is 6.60. The maximum Gasteiger partial charge on any atom is 0.220 e. The molecule has 0 aromatic heterocycles. The smallest absolute Gasteiger partial charge is 0.220 e. The number of likely N-dealkylation sites (N-methyl/N-ethyl adjacent to an activating group) is 1. The number of nitrogens with zero attached hydrogens (tertiary/aromatic N) is 2. The highest BCUT2D eigenvalue weighted by molar-refractivity contribution is 5.76. The molecule has 5 nitrogen and oxygen atoms in total. The zero-order chi connectivity index (χ0) is 16.7. The Morgan fingerprint density at radius 2 is 2.00 bits per heavy atom. The summed E-state index contributed by atoms with van der Waals surface area (Å²) in [4.78, 5) is 17.1. The molecule has 2 N–H and O–H groups in total. The molecule has 2 aliphatic rings. The molecule has 0 saturated carbocycles. The highest BCUT2D eigenvalue weighted by Crippen LogP contribution is 2.22. The molecule has 2 aliphatic heterocycles. The second kappa shape index (κ2) is 9.60. The van der Waals surface area contributed by atoms with Crippen LogP contribution in [0.3, 0.4) is 0 Å². The fourth-order valence-electron chi connectivity index (χ4n) is 3.72. The van der Waals surface area contributed by atoms with E-state index < -0.39 is 0 Å². The van der Waals surface area contributed by atoms with E-state index in [4.69, 9.17) is 0 Å². The SMILES string of the molecule is CC(CNC(=O)CC(C)C1CCCNC1)CN1CCN(C)CC1. The van der Waals surface area contributed by atoms with E-state index in [1.54, 1.807) is 0 Å². The third-order valence-electron chi connectivity index (χ3n) is 5.46. The normalized spacial score (nSPS) is 26.7. The second-order valence-electron chi connectivity index (χ2n) is 7.80. The Bertz CT molecular complexity index is 349. The van der Waals surface area contributed by atoms with Crippen LogP contribution >= 0.6 is 0 Å². The van der Waals surface area contributed by atoms with E-state index in [0.717, 1.165) is 52.4 Å². The van der Waals surface area contributed by atoms with Gasteiger partial charge in [0.25, 0.3) is 0 Å². The molecule has 0 radical (unpaired) electrons. The standard InChI is InChI=1S/C18H36N4O/c1-15(14-22-9-7-21(3)8-10-22)12-20-18(23)11-16(2)17-5-4-6-19-13-17/h15-17,19H,4-14H2,1-3H3,(H,20,23). The van der Waals surface area contributed by atoms with E-state index >= 15 is 0 Å². The maximum atomic E-state index is 12.2. The van der Waals surface area contributed by atoms with Crippen LogP contribution in [0.25, 0.3) is 0 Å². The number of piperazine rings is 1. The fourth-order valence-corrected chi connectivity index (χ4v) is 3.72. The monoisotopic (exact) mass is 324 g/mol. The number of amides is 1. The van der Waals surface area contributed by atoms with Gasteiger partial charge in [-0.05, 0) is 50.7 Å². The predicted octanol–water partition coefficient (Wildman–Crippen LogP) is 1.01. The van der Waals surface area contributed by atoms with Crippen LogP contribution in [-0.4, -0.2) is 75.1 Å². The first-order valence-electron chi connectivity index (χ1n) is 9.43. The van der Waals surface area contributed by atoms with Gasteiger partial charge in [-0.1, -0.05) is 13.8 Å². The van der Waals surface area contributed by atoms with Crippen LogP contribution in [0.15, 0.2) is 0 Å². The number of nitrogens with one attached hydrogen (secondary N) is 2. The molecule has 0 aromatic rings. The van der Waals surface area contributed by atoms with Gasteiger partial charge in [-0.25, -0.2) is 0 Å². The van der Waals surface area contributed by atoms with E-state index in [1.807, 2.05) is 0 Å². The van der Waals surface area contributed by atoms with Crippen molar-refractivity contribution in [1.29, 1.82) is 0 Å². The topological polar surface area (TPSA) is 47.6 Å². The maximum absolute atomic E-state index is 12.2. The van der Waals surface area contributed by atoms with Crippen LogP contribution in [0.2, 0.25) is 0 Å². The van der Waals surface area contributed by atoms with Gasteiger partial charge in [0.15, 0.2) is 0 Å². The number of rotatable bonds is 7. The van der Waals surface area contributed by atoms with Gasteiger partial charge in [-0.3, -0.25) is 4.79 Å². The Hall–Kier alpha value is -0.650. The van der Waals surface area contributed by atoms with Gasteiger partial charge in [0.05, 0.1) is 0 Å². The van der Waals surface area contributed by atoms with Crippen molar-refractivity contribution in [3.8, 4) is 0 Å². The molecule has 23 heavy (non-hydrogen) atoms. The number of carbonyl (C=O) groups excluding carboxylic acids is 1. The third-order valence-corrected chi connectivity index (χ3v) is 5.46. The number of hydrogen-bond acceptors (Lipinski definition) is 4. The predicted molar refractivity (Wildman–Crippen MR) is 95.5 cm³/mol. The zero-order valence-corrected chi connectivity index (χ0v) is 15.3.